The molecule has 0 amide bonds. The van der Waals surface area contributed by atoms with Crippen LogP contribution in [0.1, 0.15) is 256 Å². The molecular formula is C84H104O. The molecule has 446 valence electrons. The maximum atomic E-state index is 12.7. The lowest BCUT2D eigenvalue weighted by atomic mass is 9.69. The molecule has 0 aliphatic heterocycles. The lowest BCUT2D eigenvalue weighted by Crippen LogP contribution is -2.24. The topological polar surface area (TPSA) is 17.1 Å². The van der Waals surface area contributed by atoms with Crippen molar-refractivity contribution in [2.24, 2.45) is 16.7 Å². The van der Waals surface area contributed by atoms with Crippen molar-refractivity contribution in [3.05, 3.63) is 239 Å². The Morgan fingerprint density at radius 3 is 1.07 bits per heavy atom. The molecule has 1 atom stereocenters. The van der Waals surface area contributed by atoms with Crippen LogP contribution in [0.4, 0.5) is 0 Å². The number of rotatable bonds is 17. The van der Waals surface area contributed by atoms with Crippen LogP contribution in [0.15, 0.2) is 139 Å². The first kappa shape index (κ1) is 65.7. The van der Waals surface area contributed by atoms with Gasteiger partial charge < -0.3 is 0 Å². The first-order chi connectivity index (χ1) is 39.6. The maximum absolute atomic E-state index is 12.7. The molecule has 0 fully saturated rings. The zero-order valence-corrected chi connectivity index (χ0v) is 56.1. The minimum absolute atomic E-state index is 0.0296. The summed E-state index contributed by atoms with van der Waals surface area (Å²) < 4.78 is 0. The second kappa shape index (κ2) is 26.8. The van der Waals surface area contributed by atoms with Crippen molar-refractivity contribution in [3.63, 3.8) is 0 Å². The zero-order chi connectivity index (χ0) is 62.3. The average molecular weight is 1130 g/mol. The largest absolute Gasteiger partial charge is 0.298 e. The average Bonchev–Trinajstić information content (AvgIpc) is 3.42. The maximum Gasteiger partial charge on any atom is 0.150 e. The van der Waals surface area contributed by atoms with Gasteiger partial charge in [-0.2, -0.15) is 0 Å². The van der Waals surface area contributed by atoms with Gasteiger partial charge >= 0.3 is 0 Å². The summed E-state index contributed by atoms with van der Waals surface area (Å²) in [5.41, 5.74) is 24.7. The number of carbonyl (C=O) groups is 1. The van der Waals surface area contributed by atoms with Crippen LogP contribution in [0.5, 0.6) is 0 Å². The van der Waals surface area contributed by atoms with Crippen molar-refractivity contribution in [2.75, 3.05) is 0 Å². The van der Waals surface area contributed by atoms with E-state index in [1.807, 2.05) is 12.1 Å². The number of aryl methyl sites for hydroxylation is 4. The second-order valence-electron chi connectivity index (χ2n) is 31.0. The molecule has 0 aromatic heterocycles. The highest BCUT2D eigenvalue weighted by molar-refractivity contribution is 5.84. The smallest absolute Gasteiger partial charge is 0.150 e. The van der Waals surface area contributed by atoms with Gasteiger partial charge in [-0.25, -0.2) is 0 Å². The third kappa shape index (κ3) is 19.6. The molecule has 6 aromatic carbocycles. The molecule has 0 heterocycles. The van der Waals surface area contributed by atoms with Crippen molar-refractivity contribution in [1.29, 1.82) is 0 Å². The summed E-state index contributed by atoms with van der Waals surface area (Å²) in [6, 6.07) is 41.3. The second-order valence-corrected chi connectivity index (χ2v) is 31.0. The predicted molar refractivity (Wildman–Crippen MR) is 378 cm³/mol. The summed E-state index contributed by atoms with van der Waals surface area (Å²) in [6.07, 6.45) is 34.7. The first-order valence-corrected chi connectivity index (χ1v) is 31.7. The Labute approximate surface area is 517 Å². The molecule has 1 nitrogen and oxygen atoms in total. The van der Waals surface area contributed by atoms with Crippen LogP contribution in [0.25, 0.3) is 54.7 Å². The van der Waals surface area contributed by atoms with Gasteiger partial charge in [0.25, 0.3) is 0 Å². The van der Waals surface area contributed by atoms with Crippen molar-refractivity contribution >= 4 is 61.0 Å². The van der Waals surface area contributed by atoms with Crippen molar-refractivity contribution in [3.8, 4) is 0 Å². The number of unbranched alkanes of at least 4 members (excludes halogenated alkanes) is 1. The molecule has 6 aromatic rings. The van der Waals surface area contributed by atoms with E-state index in [-0.39, 0.29) is 32.5 Å². The van der Waals surface area contributed by atoms with Gasteiger partial charge in [0.2, 0.25) is 0 Å². The molecule has 0 spiro atoms. The van der Waals surface area contributed by atoms with Gasteiger partial charge in [-0.1, -0.05) is 289 Å². The number of aldehydes is 1. The highest BCUT2D eigenvalue weighted by Gasteiger charge is 2.30. The number of benzene rings is 6. The van der Waals surface area contributed by atoms with Crippen LogP contribution in [0.3, 0.4) is 0 Å². The minimum Gasteiger partial charge on any atom is -0.298 e. The molecule has 0 radical (unpaired) electrons. The normalized spacial score (nSPS) is 15.1. The van der Waals surface area contributed by atoms with Crippen LogP contribution in [-0.2, 0) is 40.9 Å². The number of hydrogen-bond acceptors (Lipinski definition) is 1. The fourth-order valence-corrected chi connectivity index (χ4v) is 11.1. The monoisotopic (exact) mass is 1130 g/mol. The number of carbonyl (C=O) groups excluding carboxylic acids is 1. The highest BCUT2D eigenvalue weighted by Crippen LogP contribution is 2.43. The molecular weight excluding hydrogens is 1020 g/mol. The van der Waals surface area contributed by atoms with Crippen molar-refractivity contribution in [2.45, 2.75) is 199 Å². The first-order valence-electron chi connectivity index (χ1n) is 31.7. The van der Waals surface area contributed by atoms with E-state index in [9.17, 15) is 4.79 Å². The summed E-state index contributed by atoms with van der Waals surface area (Å²) in [5.74, 6) is 0.457. The fraction of sp³-hybridized carbons (Fsp3) is 0.393. The van der Waals surface area contributed by atoms with Gasteiger partial charge in [-0.3, -0.25) is 4.79 Å². The molecule has 1 aliphatic carbocycles. The zero-order valence-electron chi connectivity index (χ0n) is 56.1. The van der Waals surface area contributed by atoms with Gasteiger partial charge in [0.1, 0.15) is 6.29 Å². The number of allylic oxidation sites excluding steroid dienone is 5. The van der Waals surface area contributed by atoms with Gasteiger partial charge in [0.15, 0.2) is 0 Å². The summed E-state index contributed by atoms with van der Waals surface area (Å²) in [4.78, 5) is 12.7. The Morgan fingerprint density at radius 1 is 0.365 bits per heavy atom. The summed E-state index contributed by atoms with van der Waals surface area (Å²) in [6.45, 7) is 46.2. The molecule has 0 saturated carbocycles. The molecule has 0 N–H and O–H groups in total. The van der Waals surface area contributed by atoms with Crippen LogP contribution in [-0.4, -0.2) is 6.29 Å². The SMILES string of the molecule is CCCCc1cc(/C=C/c2cc(/C=C/C3=CC(C(C)(C)C)CC(C(C)(C)C)=C3)cc(/C=C/c3cc(C=O)cc(/C=C/c4cc(/C=C/c5cc(C(C)(C)C)cc(C(C)(C)C)c5)cc(CCc5cc(C)cc(C(C)(C)C)c5)c4)c3)c2)cc(C(C)(C)C)c1. The Hall–Kier alpha value is -6.83. The van der Waals surface area contributed by atoms with E-state index in [2.05, 4.69) is 308 Å². The van der Waals surface area contributed by atoms with Crippen LogP contribution in [0.2, 0.25) is 0 Å². The summed E-state index contributed by atoms with van der Waals surface area (Å²) in [7, 11) is 0. The third-order valence-corrected chi connectivity index (χ3v) is 16.9. The lowest BCUT2D eigenvalue weighted by molar-refractivity contribution is 0.112. The van der Waals surface area contributed by atoms with E-state index >= 15 is 0 Å². The molecule has 1 aliphatic rings. The molecule has 85 heavy (non-hydrogen) atoms. The van der Waals surface area contributed by atoms with Crippen molar-refractivity contribution in [1.82, 2.24) is 0 Å². The van der Waals surface area contributed by atoms with E-state index in [1.165, 1.54) is 79.6 Å². The Morgan fingerprint density at radius 2 is 0.694 bits per heavy atom. The lowest BCUT2D eigenvalue weighted by Gasteiger charge is -2.36. The van der Waals surface area contributed by atoms with Crippen LogP contribution in [0, 0.1) is 23.7 Å². The number of hydrogen-bond donors (Lipinski definition) is 0. The Kier molecular flexibility index (Phi) is 20.7. The van der Waals surface area contributed by atoms with E-state index in [4.69, 9.17) is 0 Å². The molecule has 0 bridgehead atoms. The molecule has 0 saturated heterocycles. The van der Waals surface area contributed by atoms with Gasteiger partial charge in [-0.05, 0) is 214 Å². The van der Waals surface area contributed by atoms with Crippen molar-refractivity contribution < 1.29 is 4.79 Å². The molecule has 7 rings (SSSR count). The van der Waals surface area contributed by atoms with E-state index < -0.39 is 0 Å². The standard InChI is InChI=1S/C84H104O/c1-21-22-23-59-38-69(50-74(48-59)80(6,7)8)33-30-64-41-63(43-66(44-64)32-35-71-53-77(83(15,16)17)56-78(54-71)84(18,19)20)27-29-68-45-67(46-72(47-68)57-85)28-26-62-39-61(25-24-60-36-58(2)37-73(49-60)79(3,4)5)40-65(42-62)31-34-70-51-75(81(9,10)11)55-76(52-70)82(12,13)14/h26-55,57,77H,21-25,56H2,1-20H3/b28-26+,29-27+,33-30+,34-31+,35-32+. The highest BCUT2D eigenvalue weighted by atomic mass is 16.1. The fourth-order valence-electron chi connectivity index (χ4n) is 11.1. The van der Waals surface area contributed by atoms with Gasteiger partial charge in [-0.15, -0.1) is 0 Å². The molecule has 1 heteroatoms. The van der Waals surface area contributed by atoms with Gasteiger partial charge in [0.05, 0.1) is 0 Å². The quantitative estimate of drug-likeness (QED) is 0.0657. The van der Waals surface area contributed by atoms with E-state index in [0.29, 0.717) is 11.5 Å². The molecule has 1 unspecified atom stereocenters. The van der Waals surface area contributed by atoms with Crippen LogP contribution >= 0.6 is 0 Å². The predicted octanol–water partition coefficient (Wildman–Crippen LogP) is 23.8. The Bertz CT molecular complexity index is 3530. The summed E-state index contributed by atoms with van der Waals surface area (Å²) in [5, 5.41) is 0. The van der Waals surface area contributed by atoms with E-state index in [0.717, 1.165) is 70.9 Å². The Balaban J connectivity index is 1.26. The van der Waals surface area contributed by atoms with Gasteiger partial charge in [0, 0.05) is 5.56 Å². The van der Waals surface area contributed by atoms with E-state index in [1.54, 1.807) is 0 Å². The van der Waals surface area contributed by atoms with Crippen LogP contribution < -0.4 is 0 Å². The summed E-state index contributed by atoms with van der Waals surface area (Å²) >= 11 is 0. The third-order valence-electron chi connectivity index (χ3n) is 16.9. The minimum atomic E-state index is 0.0296.